The topological polar surface area (TPSA) is 88.2 Å². The van der Waals surface area contributed by atoms with Crippen molar-refractivity contribution >= 4 is 73.7 Å². The maximum absolute atomic E-state index is 12.6. The molecule has 0 aliphatic rings. The molecule has 1 aromatic heterocycles. The van der Waals surface area contributed by atoms with E-state index >= 15 is 0 Å². The van der Waals surface area contributed by atoms with Crippen molar-refractivity contribution < 1.29 is 13.2 Å². The highest BCUT2D eigenvalue weighted by Gasteiger charge is 2.21. The average Bonchev–Trinajstić information content (AvgIpc) is 2.64. The highest BCUT2D eigenvalue weighted by Crippen LogP contribution is 2.30. The predicted molar refractivity (Wildman–Crippen MR) is 116 cm³/mol. The van der Waals surface area contributed by atoms with Crippen LogP contribution < -0.4 is 10.0 Å². The normalized spacial score (nSPS) is 11.2. The third kappa shape index (κ3) is 5.12. The summed E-state index contributed by atoms with van der Waals surface area (Å²) in [6.45, 7) is 0. The van der Waals surface area contributed by atoms with Crippen LogP contribution in [0, 0.1) is 0 Å². The first kappa shape index (κ1) is 21.7. The maximum atomic E-state index is 12.6. The second kappa shape index (κ2) is 8.77. The van der Waals surface area contributed by atoms with Crippen molar-refractivity contribution in [2.24, 2.45) is 0 Å². The largest absolute Gasteiger partial charge is 0.321 e. The van der Waals surface area contributed by atoms with Crippen LogP contribution in [0.15, 0.2) is 59.5 Å². The Morgan fingerprint density at radius 3 is 2.00 bits per heavy atom. The molecule has 0 bridgehead atoms. The zero-order valence-electron chi connectivity index (χ0n) is 14.3. The SMILES string of the molecule is O=C(Nc1ccc(NS(=O)(=O)c2c(Cl)cccc2Cl)cc1)c1nc(Cl)ccc1Cl. The van der Waals surface area contributed by atoms with E-state index in [1.165, 1.54) is 48.5 Å². The quantitative estimate of drug-likeness (QED) is 0.445. The lowest BCUT2D eigenvalue weighted by Crippen LogP contribution is -2.15. The number of halogens is 4. The number of sulfonamides is 1. The number of nitrogens with zero attached hydrogens (tertiary/aromatic N) is 1. The highest BCUT2D eigenvalue weighted by molar-refractivity contribution is 7.93. The number of amides is 1. The van der Waals surface area contributed by atoms with E-state index in [0.29, 0.717) is 5.69 Å². The minimum atomic E-state index is -4.01. The molecule has 0 radical (unpaired) electrons. The van der Waals surface area contributed by atoms with Gasteiger partial charge in [0.15, 0.2) is 0 Å². The molecule has 3 aromatic rings. The molecule has 2 aromatic carbocycles. The van der Waals surface area contributed by atoms with Crippen molar-refractivity contribution in [3.63, 3.8) is 0 Å². The van der Waals surface area contributed by atoms with Crippen LogP contribution in [-0.4, -0.2) is 19.3 Å². The first-order chi connectivity index (χ1) is 13.7. The van der Waals surface area contributed by atoms with Crippen molar-refractivity contribution in [3.8, 4) is 0 Å². The van der Waals surface area contributed by atoms with Crippen LogP contribution >= 0.6 is 46.4 Å². The average molecular weight is 491 g/mol. The van der Waals surface area contributed by atoms with E-state index in [0.717, 1.165) is 0 Å². The van der Waals surface area contributed by atoms with Gasteiger partial charge in [-0.3, -0.25) is 9.52 Å². The molecule has 0 spiro atoms. The van der Waals surface area contributed by atoms with Gasteiger partial charge in [-0.1, -0.05) is 52.5 Å². The zero-order chi connectivity index (χ0) is 21.2. The number of carbonyl (C=O) groups excluding carboxylic acids is 1. The van der Waals surface area contributed by atoms with Crippen LogP contribution in [-0.2, 0) is 10.0 Å². The van der Waals surface area contributed by atoms with Gasteiger partial charge in [-0.15, -0.1) is 0 Å². The van der Waals surface area contributed by atoms with Gasteiger partial charge in [0, 0.05) is 11.4 Å². The van der Waals surface area contributed by atoms with Gasteiger partial charge in [-0.2, -0.15) is 0 Å². The Labute approximate surface area is 186 Å². The molecule has 2 N–H and O–H groups in total. The summed E-state index contributed by atoms with van der Waals surface area (Å²) in [5.41, 5.74) is 0.613. The lowest BCUT2D eigenvalue weighted by atomic mass is 10.2. The number of hydrogen-bond acceptors (Lipinski definition) is 4. The minimum absolute atomic E-state index is 0.000200. The maximum Gasteiger partial charge on any atom is 0.275 e. The van der Waals surface area contributed by atoms with E-state index in [1.54, 1.807) is 6.07 Å². The molecule has 29 heavy (non-hydrogen) atoms. The Balaban J connectivity index is 1.77. The van der Waals surface area contributed by atoms with Gasteiger partial charge in [-0.05, 0) is 48.5 Å². The Morgan fingerprint density at radius 1 is 0.793 bits per heavy atom. The van der Waals surface area contributed by atoms with Gasteiger partial charge in [0.05, 0.1) is 15.1 Å². The molecule has 0 saturated carbocycles. The van der Waals surface area contributed by atoms with Crippen LogP contribution in [0.1, 0.15) is 10.5 Å². The summed E-state index contributed by atoms with van der Waals surface area (Å²) < 4.78 is 27.5. The number of anilines is 2. The van der Waals surface area contributed by atoms with Gasteiger partial charge in [0.25, 0.3) is 15.9 Å². The standard InChI is InChI=1S/C18H11Cl4N3O3S/c19-12-8-9-15(22)24-16(12)18(26)23-10-4-6-11(7-5-10)25-29(27,28)17-13(20)2-1-3-14(17)21/h1-9,25H,(H,23,26). The zero-order valence-corrected chi connectivity index (χ0v) is 18.1. The van der Waals surface area contributed by atoms with E-state index in [9.17, 15) is 13.2 Å². The lowest BCUT2D eigenvalue weighted by molar-refractivity contribution is 0.102. The molecular weight excluding hydrogens is 480 g/mol. The first-order valence-corrected chi connectivity index (χ1v) is 10.9. The first-order valence-electron chi connectivity index (χ1n) is 7.87. The Bertz CT molecular complexity index is 1170. The Morgan fingerprint density at radius 2 is 1.38 bits per heavy atom. The lowest BCUT2D eigenvalue weighted by Gasteiger charge is -2.12. The number of aromatic nitrogens is 1. The van der Waals surface area contributed by atoms with Crippen LogP contribution in [0.2, 0.25) is 20.2 Å². The number of benzene rings is 2. The third-order valence-electron chi connectivity index (χ3n) is 3.61. The Hall–Kier alpha value is -2.03. The fourth-order valence-corrected chi connectivity index (χ4v) is 4.88. The summed E-state index contributed by atoms with van der Waals surface area (Å²) in [6, 6.07) is 13.3. The predicted octanol–water partition coefficient (Wildman–Crippen LogP) is 5.75. The molecule has 150 valence electrons. The summed E-state index contributed by atoms with van der Waals surface area (Å²) >= 11 is 23.7. The van der Waals surface area contributed by atoms with Crippen LogP contribution in [0.5, 0.6) is 0 Å². The summed E-state index contributed by atoms with van der Waals surface area (Å²) in [7, 11) is -4.01. The molecule has 6 nitrogen and oxygen atoms in total. The Kier molecular flexibility index (Phi) is 6.55. The van der Waals surface area contributed by atoms with Gasteiger partial charge in [0.1, 0.15) is 15.7 Å². The van der Waals surface area contributed by atoms with Gasteiger partial charge in [-0.25, -0.2) is 13.4 Å². The van der Waals surface area contributed by atoms with E-state index in [1.807, 2.05) is 0 Å². The smallest absolute Gasteiger partial charge is 0.275 e. The monoisotopic (exact) mass is 489 g/mol. The third-order valence-corrected chi connectivity index (χ3v) is 6.46. The van der Waals surface area contributed by atoms with Crippen molar-refractivity contribution in [3.05, 3.63) is 80.5 Å². The van der Waals surface area contributed by atoms with E-state index in [4.69, 9.17) is 46.4 Å². The molecule has 1 heterocycles. The number of rotatable bonds is 5. The second-order valence-corrected chi connectivity index (χ2v) is 8.88. The molecule has 0 atom stereocenters. The molecule has 11 heteroatoms. The number of hydrogen-bond donors (Lipinski definition) is 2. The van der Waals surface area contributed by atoms with Crippen molar-refractivity contribution in [1.82, 2.24) is 4.98 Å². The van der Waals surface area contributed by atoms with E-state index < -0.39 is 15.9 Å². The number of carbonyl (C=O) groups is 1. The van der Waals surface area contributed by atoms with E-state index in [2.05, 4.69) is 15.0 Å². The molecule has 0 aliphatic carbocycles. The fourth-order valence-electron chi connectivity index (χ4n) is 2.33. The molecule has 0 unspecified atom stereocenters. The molecule has 0 fully saturated rings. The summed E-state index contributed by atoms with van der Waals surface area (Å²) in [4.78, 5) is 16.0. The fraction of sp³-hybridized carbons (Fsp3) is 0. The van der Waals surface area contributed by atoms with Crippen LogP contribution in [0.4, 0.5) is 11.4 Å². The van der Waals surface area contributed by atoms with Crippen LogP contribution in [0.25, 0.3) is 0 Å². The molecule has 3 rings (SSSR count). The number of pyridine rings is 1. The van der Waals surface area contributed by atoms with Gasteiger partial charge >= 0.3 is 0 Å². The minimum Gasteiger partial charge on any atom is -0.321 e. The summed E-state index contributed by atoms with van der Waals surface area (Å²) in [5, 5.41) is 2.88. The van der Waals surface area contributed by atoms with Crippen molar-refractivity contribution in [2.45, 2.75) is 4.90 Å². The summed E-state index contributed by atoms with van der Waals surface area (Å²) in [6.07, 6.45) is 0. The molecule has 1 amide bonds. The van der Waals surface area contributed by atoms with Gasteiger partial charge in [0.2, 0.25) is 0 Å². The number of nitrogens with one attached hydrogen (secondary N) is 2. The van der Waals surface area contributed by atoms with Gasteiger partial charge < -0.3 is 5.32 Å². The molecular formula is C18H11Cl4N3O3S. The van der Waals surface area contributed by atoms with E-state index in [-0.39, 0.29) is 36.5 Å². The highest BCUT2D eigenvalue weighted by atomic mass is 35.5. The second-order valence-electron chi connectivity index (χ2n) is 5.65. The van der Waals surface area contributed by atoms with Crippen molar-refractivity contribution in [1.29, 1.82) is 0 Å². The molecule has 0 saturated heterocycles. The van der Waals surface area contributed by atoms with Crippen molar-refractivity contribution in [2.75, 3.05) is 10.0 Å². The van der Waals surface area contributed by atoms with Crippen LogP contribution in [0.3, 0.4) is 0 Å². The molecule has 0 aliphatic heterocycles. The summed E-state index contributed by atoms with van der Waals surface area (Å²) in [5.74, 6) is -0.561.